The Balaban J connectivity index is 1.38. The van der Waals surface area contributed by atoms with Crippen molar-refractivity contribution >= 4 is 29.6 Å². The number of aromatic nitrogens is 2. The lowest BCUT2D eigenvalue weighted by atomic mass is 10.1. The fourth-order valence-corrected chi connectivity index (χ4v) is 5.81. The van der Waals surface area contributed by atoms with E-state index in [4.69, 9.17) is 18.9 Å². The van der Waals surface area contributed by atoms with E-state index in [2.05, 4.69) is 17.2 Å². The predicted octanol–water partition coefficient (Wildman–Crippen LogP) is 6.53. The van der Waals surface area contributed by atoms with Crippen LogP contribution in [0.5, 0.6) is 0 Å². The maximum atomic E-state index is 13.5. The van der Waals surface area contributed by atoms with Gasteiger partial charge in [-0.25, -0.2) is 19.2 Å². The summed E-state index contributed by atoms with van der Waals surface area (Å²) in [5.74, 6) is -2.39. The monoisotopic (exact) mass is 709 g/mol. The SMILES string of the molecule is CCCCCCCCCC(=O)Nc1ccn([C@@H]2O[C@H](COC(=O)c3ccccc3)[C@@H](OC(=O)c3ccccc3)[C@H]2OC(=O)c2ccccc2)c(=O)n1. The van der Waals surface area contributed by atoms with Gasteiger partial charge < -0.3 is 24.3 Å². The van der Waals surface area contributed by atoms with Crippen molar-refractivity contribution in [3.8, 4) is 0 Å². The van der Waals surface area contributed by atoms with Gasteiger partial charge in [0.1, 0.15) is 18.5 Å². The number of hydrogen-bond donors (Lipinski definition) is 1. The summed E-state index contributed by atoms with van der Waals surface area (Å²) in [5.41, 5.74) is -0.117. The fourth-order valence-electron chi connectivity index (χ4n) is 5.81. The number of anilines is 1. The van der Waals surface area contributed by atoms with E-state index < -0.39 is 54.7 Å². The number of unbranched alkanes of at least 4 members (excludes halogenated alkanes) is 6. The Morgan fingerprint density at radius 2 is 1.21 bits per heavy atom. The second-order valence-electron chi connectivity index (χ2n) is 12.4. The van der Waals surface area contributed by atoms with E-state index in [9.17, 15) is 24.0 Å². The zero-order valence-electron chi connectivity index (χ0n) is 29.1. The van der Waals surface area contributed by atoms with Crippen molar-refractivity contribution in [1.29, 1.82) is 0 Å². The van der Waals surface area contributed by atoms with Gasteiger partial charge in [-0.3, -0.25) is 9.36 Å². The molecule has 272 valence electrons. The van der Waals surface area contributed by atoms with Gasteiger partial charge in [0.25, 0.3) is 0 Å². The van der Waals surface area contributed by atoms with Gasteiger partial charge >= 0.3 is 23.6 Å². The first kappa shape index (κ1) is 37.6. The molecule has 4 aromatic rings. The number of carbonyl (C=O) groups excluding carboxylic acids is 4. The molecule has 2 heterocycles. The van der Waals surface area contributed by atoms with E-state index in [-0.39, 0.29) is 28.4 Å². The lowest BCUT2D eigenvalue weighted by molar-refractivity contribution is -0.116. The number of hydrogen-bond acceptors (Lipinski definition) is 10. The number of ether oxygens (including phenoxy) is 4. The first-order valence-electron chi connectivity index (χ1n) is 17.6. The van der Waals surface area contributed by atoms with Crippen LogP contribution in [-0.2, 0) is 23.7 Å². The maximum absolute atomic E-state index is 13.5. The third kappa shape index (κ3) is 10.5. The van der Waals surface area contributed by atoms with E-state index in [1.165, 1.54) is 31.5 Å². The van der Waals surface area contributed by atoms with Crippen LogP contribution in [0.1, 0.15) is 95.6 Å². The van der Waals surface area contributed by atoms with Crippen molar-refractivity contribution in [3.63, 3.8) is 0 Å². The first-order valence-corrected chi connectivity index (χ1v) is 17.6. The third-order valence-corrected chi connectivity index (χ3v) is 8.56. The second kappa shape index (κ2) is 19.1. The molecule has 1 N–H and O–H groups in total. The van der Waals surface area contributed by atoms with Gasteiger partial charge in [-0.1, -0.05) is 100 Å². The van der Waals surface area contributed by atoms with Gasteiger partial charge in [0, 0.05) is 12.6 Å². The molecular formula is C40H43N3O9. The Morgan fingerprint density at radius 3 is 1.77 bits per heavy atom. The van der Waals surface area contributed by atoms with Crippen molar-refractivity contribution in [3.05, 3.63) is 130 Å². The fraction of sp³-hybridized carbons (Fsp3) is 0.350. The van der Waals surface area contributed by atoms with Crippen LogP contribution >= 0.6 is 0 Å². The summed E-state index contributed by atoms with van der Waals surface area (Å²) < 4.78 is 24.7. The summed E-state index contributed by atoms with van der Waals surface area (Å²) in [6, 6.07) is 26.0. The largest absolute Gasteiger partial charge is 0.459 e. The summed E-state index contributed by atoms with van der Waals surface area (Å²) >= 11 is 0. The third-order valence-electron chi connectivity index (χ3n) is 8.56. The Labute approximate surface area is 302 Å². The van der Waals surface area contributed by atoms with Gasteiger partial charge in [0.05, 0.1) is 16.7 Å². The molecule has 0 unspecified atom stereocenters. The quantitative estimate of drug-likeness (QED) is 0.0728. The maximum Gasteiger partial charge on any atom is 0.351 e. The highest BCUT2D eigenvalue weighted by molar-refractivity contribution is 5.91. The second-order valence-corrected chi connectivity index (χ2v) is 12.4. The van der Waals surface area contributed by atoms with Crippen molar-refractivity contribution in [2.75, 3.05) is 11.9 Å². The normalized spacial score (nSPS) is 17.9. The summed E-state index contributed by atoms with van der Waals surface area (Å²) in [6.07, 6.45) is 3.82. The molecule has 52 heavy (non-hydrogen) atoms. The standard InChI is InChI=1S/C40H43N3O9/c1-2-3-4-5-6-7-17-24-33(44)41-32-25-26-43(40(48)42-32)36-35(52-39(47)30-22-15-10-16-23-30)34(51-38(46)29-20-13-9-14-21-29)31(50-36)27-49-37(45)28-18-11-8-12-19-28/h8-16,18-23,25-26,31,34-36H,2-7,17,24,27H2,1H3,(H,41,42,44,48)/t31-,34-,35-,36-/m1/s1. The molecule has 1 aliphatic heterocycles. The number of rotatable bonds is 17. The molecule has 12 nitrogen and oxygen atoms in total. The van der Waals surface area contributed by atoms with E-state index in [0.29, 0.717) is 6.42 Å². The molecule has 0 saturated carbocycles. The molecule has 0 bridgehead atoms. The van der Waals surface area contributed by atoms with E-state index in [1.807, 2.05) is 0 Å². The van der Waals surface area contributed by atoms with Crippen LogP contribution in [0.3, 0.4) is 0 Å². The number of carbonyl (C=O) groups is 4. The van der Waals surface area contributed by atoms with Crippen LogP contribution < -0.4 is 11.0 Å². The molecule has 1 aliphatic rings. The lowest BCUT2D eigenvalue weighted by Crippen LogP contribution is -2.42. The van der Waals surface area contributed by atoms with Gasteiger partial charge in [-0.05, 0) is 48.9 Å². The molecule has 12 heteroatoms. The minimum atomic E-state index is -1.39. The molecule has 1 fully saturated rings. The van der Waals surface area contributed by atoms with Crippen molar-refractivity contribution < 1.29 is 38.1 Å². The van der Waals surface area contributed by atoms with E-state index >= 15 is 0 Å². The first-order chi connectivity index (χ1) is 25.3. The highest BCUT2D eigenvalue weighted by Crippen LogP contribution is 2.35. The van der Waals surface area contributed by atoms with Crippen LogP contribution in [-0.4, -0.2) is 58.3 Å². The van der Waals surface area contributed by atoms with Crippen LogP contribution in [0.15, 0.2) is 108 Å². The number of nitrogens with one attached hydrogen (secondary N) is 1. The molecule has 1 amide bonds. The van der Waals surface area contributed by atoms with Gasteiger partial charge in [0.2, 0.25) is 5.91 Å². The topological polar surface area (TPSA) is 152 Å². The number of nitrogens with zero attached hydrogens (tertiary/aromatic N) is 2. The van der Waals surface area contributed by atoms with Crippen LogP contribution in [0.25, 0.3) is 0 Å². The molecule has 1 aromatic heterocycles. The van der Waals surface area contributed by atoms with Crippen LogP contribution in [0, 0.1) is 0 Å². The molecule has 5 rings (SSSR count). The average Bonchev–Trinajstić information content (AvgIpc) is 3.49. The molecule has 3 aromatic carbocycles. The molecule has 4 atom stereocenters. The highest BCUT2D eigenvalue weighted by Gasteiger charge is 2.51. The predicted molar refractivity (Wildman–Crippen MR) is 192 cm³/mol. The number of esters is 3. The smallest absolute Gasteiger partial charge is 0.351 e. The lowest BCUT2D eigenvalue weighted by Gasteiger charge is -2.25. The average molecular weight is 710 g/mol. The van der Waals surface area contributed by atoms with Gasteiger partial charge in [0.15, 0.2) is 18.4 Å². The van der Waals surface area contributed by atoms with Crippen LogP contribution in [0.2, 0.25) is 0 Å². The van der Waals surface area contributed by atoms with Gasteiger partial charge in [-0.2, -0.15) is 4.98 Å². The summed E-state index contributed by atoms with van der Waals surface area (Å²) in [7, 11) is 0. The minimum absolute atomic E-state index is 0.0467. The molecule has 0 spiro atoms. The number of amides is 1. The zero-order valence-corrected chi connectivity index (χ0v) is 29.1. The highest BCUT2D eigenvalue weighted by atomic mass is 16.7. The minimum Gasteiger partial charge on any atom is -0.459 e. The van der Waals surface area contributed by atoms with Crippen LogP contribution in [0.4, 0.5) is 5.82 Å². The molecule has 0 radical (unpaired) electrons. The van der Waals surface area contributed by atoms with Crippen molar-refractivity contribution in [2.45, 2.75) is 82.8 Å². The Kier molecular flexibility index (Phi) is 13.8. The zero-order chi connectivity index (χ0) is 36.7. The van der Waals surface area contributed by atoms with E-state index in [1.54, 1.807) is 91.0 Å². The Bertz CT molecular complexity index is 1830. The Hall–Kier alpha value is -5.62. The molecule has 1 saturated heterocycles. The number of benzene rings is 3. The van der Waals surface area contributed by atoms with Crippen molar-refractivity contribution in [1.82, 2.24) is 9.55 Å². The molecular weight excluding hydrogens is 666 g/mol. The Morgan fingerprint density at radius 1 is 0.692 bits per heavy atom. The van der Waals surface area contributed by atoms with Crippen molar-refractivity contribution in [2.24, 2.45) is 0 Å². The van der Waals surface area contributed by atoms with Gasteiger partial charge in [-0.15, -0.1) is 0 Å². The summed E-state index contributed by atoms with van der Waals surface area (Å²) in [5, 5.41) is 2.67. The van der Waals surface area contributed by atoms with E-state index in [0.717, 1.165) is 30.3 Å². The molecule has 0 aliphatic carbocycles. The summed E-state index contributed by atoms with van der Waals surface area (Å²) in [6.45, 7) is 1.76. The summed E-state index contributed by atoms with van der Waals surface area (Å²) in [4.78, 5) is 69.8.